The number of hydrogen-bond acceptors (Lipinski definition) is 2. The fraction of sp³-hybridized carbons (Fsp3) is 0.263. The van der Waals surface area contributed by atoms with Crippen LogP contribution in [0, 0.1) is 25.2 Å². The molecule has 0 fully saturated rings. The second-order valence-corrected chi connectivity index (χ2v) is 6.16. The molecule has 1 heterocycles. The van der Waals surface area contributed by atoms with E-state index in [4.69, 9.17) is 21.8 Å². The van der Waals surface area contributed by atoms with Crippen LogP contribution < -0.4 is 0 Å². The summed E-state index contributed by atoms with van der Waals surface area (Å²) in [6, 6.07) is 14.3. The molecule has 2 aromatic carbocycles. The zero-order chi connectivity index (χ0) is 16.4. The Kier molecular flexibility index (Phi) is 4.36. The van der Waals surface area contributed by atoms with Crippen LogP contribution in [0.4, 0.5) is 0 Å². The van der Waals surface area contributed by atoms with E-state index in [1.807, 2.05) is 24.3 Å². The molecule has 1 aromatic heterocycles. The van der Waals surface area contributed by atoms with Crippen molar-refractivity contribution in [2.75, 3.05) is 0 Å². The third-order valence-electron chi connectivity index (χ3n) is 4.15. The second-order valence-electron chi connectivity index (χ2n) is 5.75. The van der Waals surface area contributed by atoms with Gasteiger partial charge in [-0.3, -0.25) is 0 Å². The van der Waals surface area contributed by atoms with E-state index in [0.717, 1.165) is 35.4 Å². The summed E-state index contributed by atoms with van der Waals surface area (Å²) < 4.78 is 2.18. The van der Waals surface area contributed by atoms with Crippen LogP contribution in [-0.4, -0.2) is 9.55 Å². The summed E-state index contributed by atoms with van der Waals surface area (Å²) >= 11 is 6.38. The Bertz CT molecular complexity index is 903. The lowest BCUT2D eigenvalue weighted by Gasteiger charge is -2.10. The first-order valence-corrected chi connectivity index (χ1v) is 8.09. The van der Waals surface area contributed by atoms with Gasteiger partial charge in [-0.2, -0.15) is 5.26 Å². The zero-order valence-electron chi connectivity index (χ0n) is 13.3. The Morgan fingerprint density at radius 1 is 1.17 bits per heavy atom. The maximum absolute atomic E-state index is 8.82. The summed E-state index contributed by atoms with van der Waals surface area (Å²) in [7, 11) is 0. The summed E-state index contributed by atoms with van der Waals surface area (Å²) in [6.45, 7) is 4.96. The van der Waals surface area contributed by atoms with E-state index in [2.05, 4.69) is 36.6 Å². The number of imidazole rings is 1. The molecule has 0 saturated heterocycles. The summed E-state index contributed by atoms with van der Waals surface area (Å²) in [4.78, 5) is 4.82. The lowest BCUT2D eigenvalue weighted by molar-refractivity contribution is 0.675. The zero-order valence-corrected chi connectivity index (χ0v) is 14.1. The van der Waals surface area contributed by atoms with Crippen molar-refractivity contribution in [2.24, 2.45) is 0 Å². The molecule has 0 aliphatic carbocycles. The van der Waals surface area contributed by atoms with E-state index in [0.29, 0.717) is 11.4 Å². The average Bonchev–Trinajstić information content (AvgIpc) is 2.86. The van der Waals surface area contributed by atoms with Gasteiger partial charge in [-0.15, -0.1) is 0 Å². The minimum absolute atomic E-state index is 0.534. The molecule has 0 radical (unpaired) electrons. The minimum atomic E-state index is 0.534. The van der Waals surface area contributed by atoms with Gasteiger partial charge < -0.3 is 4.57 Å². The molecule has 0 N–H and O–H groups in total. The molecule has 0 saturated carbocycles. The largest absolute Gasteiger partial charge is 0.324 e. The number of aryl methyl sites for hydroxylation is 3. The van der Waals surface area contributed by atoms with E-state index in [1.165, 1.54) is 11.1 Å². The number of nitriles is 1. The van der Waals surface area contributed by atoms with Gasteiger partial charge in [-0.25, -0.2) is 4.98 Å². The van der Waals surface area contributed by atoms with Gasteiger partial charge in [0.1, 0.15) is 5.82 Å². The van der Waals surface area contributed by atoms with Gasteiger partial charge in [-0.05, 0) is 55.7 Å². The maximum atomic E-state index is 8.82. The van der Waals surface area contributed by atoms with Crippen LogP contribution >= 0.6 is 11.6 Å². The van der Waals surface area contributed by atoms with Gasteiger partial charge in [0, 0.05) is 18.5 Å². The van der Waals surface area contributed by atoms with E-state index >= 15 is 0 Å². The topological polar surface area (TPSA) is 41.6 Å². The molecule has 0 aliphatic heterocycles. The van der Waals surface area contributed by atoms with Crippen LogP contribution in [0.5, 0.6) is 0 Å². The highest BCUT2D eigenvalue weighted by Crippen LogP contribution is 2.31. The Morgan fingerprint density at radius 3 is 2.65 bits per heavy atom. The van der Waals surface area contributed by atoms with E-state index in [1.54, 1.807) is 0 Å². The van der Waals surface area contributed by atoms with Crippen molar-refractivity contribution < 1.29 is 0 Å². The van der Waals surface area contributed by atoms with Crippen molar-refractivity contribution in [2.45, 2.75) is 33.2 Å². The average molecular weight is 324 g/mol. The van der Waals surface area contributed by atoms with Gasteiger partial charge in [0.05, 0.1) is 22.1 Å². The molecule has 23 heavy (non-hydrogen) atoms. The number of halogens is 1. The van der Waals surface area contributed by atoms with Gasteiger partial charge in [-0.1, -0.05) is 23.7 Å². The van der Waals surface area contributed by atoms with Crippen molar-refractivity contribution in [1.29, 1.82) is 5.26 Å². The molecule has 0 unspecified atom stereocenters. The molecule has 0 amide bonds. The van der Waals surface area contributed by atoms with Crippen molar-refractivity contribution in [1.82, 2.24) is 9.55 Å². The van der Waals surface area contributed by atoms with E-state index < -0.39 is 0 Å². The number of aromatic nitrogens is 2. The van der Waals surface area contributed by atoms with Crippen LogP contribution in [0.2, 0.25) is 5.02 Å². The predicted octanol–water partition coefficient (Wildman–Crippen LogP) is 5.28. The molecular weight excluding hydrogens is 306 g/mol. The number of rotatable bonds is 4. The van der Waals surface area contributed by atoms with Gasteiger partial charge in [0.25, 0.3) is 0 Å². The van der Waals surface area contributed by atoms with Crippen molar-refractivity contribution in [3.8, 4) is 17.5 Å². The summed E-state index contributed by atoms with van der Waals surface area (Å²) in [5.41, 5.74) is 5.47. The third-order valence-corrected chi connectivity index (χ3v) is 4.48. The maximum Gasteiger partial charge on any atom is 0.142 e. The van der Waals surface area contributed by atoms with Gasteiger partial charge in [0.2, 0.25) is 0 Å². The fourth-order valence-electron chi connectivity index (χ4n) is 2.77. The molecule has 3 rings (SSSR count). The fourth-order valence-corrected chi connectivity index (χ4v) is 2.99. The Balaban J connectivity index is 2.21. The Labute approximate surface area is 141 Å². The summed E-state index contributed by atoms with van der Waals surface area (Å²) in [5.74, 6) is 0.869. The molecule has 3 nitrogen and oxygen atoms in total. The number of unbranched alkanes of at least 4 members (excludes halogenated alkanes) is 1. The highest BCUT2D eigenvalue weighted by Gasteiger charge is 2.15. The predicted molar refractivity (Wildman–Crippen MR) is 94.5 cm³/mol. The SMILES string of the molecule is Cc1cc2nc(-c3ccccc3Cl)n(CCCC#N)c2cc1C. The molecule has 0 atom stereocenters. The Morgan fingerprint density at radius 2 is 1.91 bits per heavy atom. The monoisotopic (exact) mass is 323 g/mol. The first kappa shape index (κ1) is 15.6. The molecule has 0 spiro atoms. The molecule has 4 heteroatoms. The second kappa shape index (κ2) is 6.44. The summed E-state index contributed by atoms with van der Waals surface area (Å²) in [6.07, 6.45) is 1.33. The van der Waals surface area contributed by atoms with Gasteiger partial charge in [0.15, 0.2) is 0 Å². The number of fused-ring (bicyclic) bond motifs is 1. The first-order chi connectivity index (χ1) is 11.1. The number of nitrogens with zero attached hydrogens (tertiary/aromatic N) is 3. The quantitative estimate of drug-likeness (QED) is 0.613. The lowest BCUT2D eigenvalue weighted by atomic mass is 10.1. The van der Waals surface area contributed by atoms with E-state index in [-0.39, 0.29) is 0 Å². The van der Waals surface area contributed by atoms with Crippen LogP contribution in [0.15, 0.2) is 36.4 Å². The standard InChI is InChI=1S/C19H18ClN3/c1-13-11-17-18(12-14(13)2)23(10-6-5-9-21)19(22-17)15-7-3-4-8-16(15)20/h3-4,7-8,11-12H,5-6,10H2,1-2H3. The highest BCUT2D eigenvalue weighted by atomic mass is 35.5. The molecular formula is C19H18ClN3. The van der Waals surface area contributed by atoms with Crippen LogP contribution in [0.3, 0.4) is 0 Å². The van der Waals surface area contributed by atoms with Gasteiger partial charge >= 0.3 is 0 Å². The van der Waals surface area contributed by atoms with E-state index in [9.17, 15) is 0 Å². The van der Waals surface area contributed by atoms with Crippen LogP contribution in [-0.2, 0) is 6.54 Å². The lowest BCUT2D eigenvalue weighted by Crippen LogP contribution is -2.01. The van der Waals surface area contributed by atoms with Crippen molar-refractivity contribution >= 4 is 22.6 Å². The first-order valence-electron chi connectivity index (χ1n) is 7.71. The van der Waals surface area contributed by atoms with Crippen LogP contribution in [0.1, 0.15) is 24.0 Å². The van der Waals surface area contributed by atoms with Crippen LogP contribution in [0.25, 0.3) is 22.4 Å². The van der Waals surface area contributed by atoms with Crippen molar-refractivity contribution in [3.63, 3.8) is 0 Å². The van der Waals surface area contributed by atoms with Crippen molar-refractivity contribution in [3.05, 3.63) is 52.5 Å². The molecule has 116 valence electrons. The number of hydrogen-bond donors (Lipinski definition) is 0. The number of benzene rings is 2. The third kappa shape index (κ3) is 2.95. The normalized spacial score (nSPS) is 10.9. The minimum Gasteiger partial charge on any atom is -0.324 e. The summed E-state index contributed by atoms with van der Waals surface area (Å²) in [5, 5.41) is 9.52. The smallest absolute Gasteiger partial charge is 0.142 e. The Hall–Kier alpha value is -2.31. The molecule has 0 aliphatic rings. The molecule has 0 bridgehead atoms. The molecule has 3 aromatic rings. The highest BCUT2D eigenvalue weighted by molar-refractivity contribution is 6.33.